The molecule has 2 N–H and O–H groups in total. The summed E-state index contributed by atoms with van der Waals surface area (Å²) in [5.74, 6) is 0. The van der Waals surface area contributed by atoms with Gasteiger partial charge in [-0.1, -0.05) is 39.5 Å². The van der Waals surface area contributed by atoms with Gasteiger partial charge in [0.1, 0.15) is 0 Å². The number of aliphatic hydroxyl groups excluding tert-OH is 1. The standard InChI is InChI=1S/C12H26O4S/c1-3-11(13)9-7-5-6-8-10-12(4-2)17(14,15)16/h11-13H,3-10H2,1-2H3,(H,14,15,16). The summed E-state index contributed by atoms with van der Waals surface area (Å²) in [5, 5.41) is 8.73. The molecule has 0 saturated carbocycles. The second kappa shape index (κ2) is 8.89. The third-order valence-corrected chi connectivity index (χ3v) is 4.57. The summed E-state index contributed by atoms with van der Waals surface area (Å²) in [6.45, 7) is 3.73. The van der Waals surface area contributed by atoms with Crippen LogP contribution in [0, 0.1) is 0 Å². The predicted octanol–water partition coefficient (Wildman–Crippen LogP) is 2.76. The Kier molecular flexibility index (Phi) is 8.82. The SMILES string of the molecule is CCC(O)CCCCCCC(CC)S(=O)(=O)O. The Morgan fingerprint density at radius 2 is 1.47 bits per heavy atom. The van der Waals surface area contributed by atoms with E-state index < -0.39 is 15.4 Å². The highest BCUT2D eigenvalue weighted by Crippen LogP contribution is 2.15. The predicted molar refractivity (Wildman–Crippen MR) is 69.6 cm³/mol. The molecule has 5 heteroatoms. The van der Waals surface area contributed by atoms with Crippen LogP contribution in [0.3, 0.4) is 0 Å². The summed E-state index contributed by atoms with van der Waals surface area (Å²) in [6, 6.07) is 0. The van der Waals surface area contributed by atoms with Gasteiger partial charge in [-0.05, 0) is 25.7 Å². The molecule has 0 aromatic heterocycles. The Morgan fingerprint density at radius 1 is 0.941 bits per heavy atom. The van der Waals surface area contributed by atoms with E-state index in [0.717, 1.165) is 38.5 Å². The molecule has 0 bridgehead atoms. The number of rotatable bonds is 10. The Hall–Kier alpha value is -0.130. The second-order valence-corrected chi connectivity index (χ2v) is 6.30. The van der Waals surface area contributed by atoms with E-state index in [2.05, 4.69) is 0 Å². The van der Waals surface area contributed by atoms with E-state index in [4.69, 9.17) is 4.55 Å². The topological polar surface area (TPSA) is 74.6 Å². The maximum absolute atomic E-state index is 10.9. The van der Waals surface area contributed by atoms with Gasteiger partial charge in [-0.25, -0.2) is 0 Å². The third kappa shape index (κ3) is 8.57. The average molecular weight is 266 g/mol. The van der Waals surface area contributed by atoms with Crippen molar-refractivity contribution in [2.75, 3.05) is 0 Å². The van der Waals surface area contributed by atoms with E-state index in [0.29, 0.717) is 12.8 Å². The summed E-state index contributed by atoms with van der Waals surface area (Å²) in [7, 11) is -3.87. The monoisotopic (exact) mass is 266 g/mol. The summed E-state index contributed by atoms with van der Waals surface area (Å²) < 4.78 is 30.8. The molecule has 0 aromatic carbocycles. The Bertz CT molecular complexity index is 274. The van der Waals surface area contributed by atoms with Crippen LogP contribution >= 0.6 is 0 Å². The van der Waals surface area contributed by atoms with Crippen LogP contribution in [-0.4, -0.2) is 29.4 Å². The van der Waals surface area contributed by atoms with Crippen molar-refractivity contribution >= 4 is 10.1 Å². The molecule has 0 amide bonds. The number of hydrogen-bond donors (Lipinski definition) is 2. The fourth-order valence-corrected chi connectivity index (χ4v) is 2.76. The lowest BCUT2D eigenvalue weighted by molar-refractivity contribution is 0.156. The van der Waals surface area contributed by atoms with Gasteiger partial charge < -0.3 is 5.11 Å². The highest BCUT2D eigenvalue weighted by molar-refractivity contribution is 7.86. The van der Waals surface area contributed by atoms with Gasteiger partial charge in [-0.3, -0.25) is 4.55 Å². The molecule has 0 aliphatic heterocycles. The molecule has 17 heavy (non-hydrogen) atoms. The molecule has 0 aliphatic rings. The first-order chi connectivity index (χ1) is 7.91. The molecule has 0 spiro atoms. The van der Waals surface area contributed by atoms with Crippen molar-refractivity contribution in [3.63, 3.8) is 0 Å². The molecule has 0 saturated heterocycles. The zero-order valence-electron chi connectivity index (χ0n) is 10.9. The minimum absolute atomic E-state index is 0.198. The minimum atomic E-state index is -3.87. The fraction of sp³-hybridized carbons (Fsp3) is 1.00. The van der Waals surface area contributed by atoms with Crippen molar-refractivity contribution < 1.29 is 18.1 Å². The Labute approximate surface area is 105 Å². The lowest BCUT2D eigenvalue weighted by Crippen LogP contribution is -2.19. The second-order valence-electron chi connectivity index (χ2n) is 4.60. The normalized spacial score (nSPS) is 15.8. The van der Waals surface area contributed by atoms with Crippen molar-refractivity contribution in [3.8, 4) is 0 Å². The zero-order valence-corrected chi connectivity index (χ0v) is 11.7. The fourth-order valence-electron chi connectivity index (χ4n) is 1.87. The van der Waals surface area contributed by atoms with Crippen LogP contribution in [-0.2, 0) is 10.1 Å². The molecule has 2 unspecified atom stereocenters. The minimum Gasteiger partial charge on any atom is -0.393 e. The van der Waals surface area contributed by atoms with Gasteiger partial charge in [0.15, 0.2) is 0 Å². The molecule has 2 atom stereocenters. The van der Waals surface area contributed by atoms with Crippen molar-refractivity contribution in [3.05, 3.63) is 0 Å². The molecule has 0 radical (unpaired) electrons. The molecule has 0 fully saturated rings. The van der Waals surface area contributed by atoms with Gasteiger partial charge in [-0.2, -0.15) is 8.42 Å². The first-order valence-electron chi connectivity index (χ1n) is 6.56. The van der Waals surface area contributed by atoms with Crippen LogP contribution in [0.1, 0.15) is 65.2 Å². The highest BCUT2D eigenvalue weighted by atomic mass is 32.2. The van der Waals surface area contributed by atoms with E-state index in [-0.39, 0.29) is 6.10 Å². The van der Waals surface area contributed by atoms with E-state index in [1.54, 1.807) is 6.92 Å². The van der Waals surface area contributed by atoms with Crippen molar-refractivity contribution in [1.82, 2.24) is 0 Å². The quantitative estimate of drug-likeness (QED) is 0.471. The summed E-state index contributed by atoms with van der Waals surface area (Å²) in [4.78, 5) is 0. The number of hydrogen-bond acceptors (Lipinski definition) is 3. The van der Waals surface area contributed by atoms with Crippen LogP contribution < -0.4 is 0 Å². The maximum atomic E-state index is 10.9. The molecule has 4 nitrogen and oxygen atoms in total. The van der Waals surface area contributed by atoms with Gasteiger partial charge >= 0.3 is 0 Å². The first-order valence-corrected chi connectivity index (χ1v) is 8.06. The molecule has 104 valence electrons. The van der Waals surface area contributed by atoms with Gasteiger partial charge in [0.05, 0.1) is 11.4 Å². The van der Waals surface area contributed by atoms with Crippen molar-refractivity contribution in [2.24, 2.45) is 0 Å². The lowest BCUT2D eigenvalue weighted by atomic mass is 10.1. The summed E-state index contributed by atoms with van der Waals surface area (Å²) >= 11 is 0. The molecular formula is C12H26O4S. The molecule has 0 aromatic rings. The molecular weight excluding hydrogens is 240 g/mol. The van der Waals surface area contributed by atoms with Crippen LogP contribution in [0.5, 0.6) is 0 Å². The van der Waals surface area contributed by atoms with Gasteiger partial charge in [0.25, 0.3) is 10.1 Å². The van der Waals surface area contributed by atoms with Crippen LogP contribution in [0.15, 0.2) is 0 Å². The molecule has 0 heterocycles. The smallest absolute Gasteiger partial charge is 0.267 e. The van der Waals surface area contributed by atoms with Crippen LogP contribution in [0.2, 0.25) is 0 Å². The van der Waals surface area contributed by atoms with Crippen molar-refractivity contribution in [2.45, 2.75) is 76.6 Å². The largest absolute Gasteiger partial charge is 0.393 e. The van der Waals surface area contributed by atoms with E-state index in [1.165, 1.54) is 0 Å². The summed E-state index contributed by atoms with van der Waals surface area (Å²) in [6.07, 6.45) is 6.20. The lowest BCUT2D eigenvalue weighted by Gasteiger charge is -2.11. The van der Waals surface area contributed by atoms with Gasteiger partial charge in [-0.15, -0.1) is 0 Å². The van der Waals surface area contributed by atoms with E-state index in [1.807, 2.05) is 6.92 Å². The number of aliphatic hydroxyl groups is 1. The van der Waals surface area contributed by atoms with E-state index in [9.17, 15) is 13.5 Å². The van der Waals surface area contributed by atoms with Gasteiger partial charge in [0, 0.05) is 0 Å². The maximum Gasteiger partial charge on any atom is 0.267 e. The van der Waals surface area contributed by atoms with Crippen molar-refractivity contribution in [1.29, 1.82) is 0 Å². The molecule has 0 rings (SSSR count). The van der Waals surface area contributed by atoms with E-state index >= 15 is 0 Å². The van der Waals surface area contributed by atoms with Gasteiger partial charge in [0.2, 0.25) is 0 Å². The highest BCUT2D eigenvalue weighted by Gasteiger charge is 2.19. The zero-order chi connectivity index (χ0) is 13.3. The Morgan fingerprint density at radius 3 is 1.88 bits per heavy atom. The Balaban J connectivity index is 3.57. The molecule has 0 aliphatic carbocycles. The third-order valence-electron chi connectivity index (χ3n) is 3.16. The average Bonchev–Trinajstić information content (AvgIpc) is 2.25. The number of unbranched alkanes of at least 4 members (excludes halogenated alkanes) is 3. The van der Waals surface area contributed by atoms with Crippen LogP contribution in [0.4, 0.5) is 0 Å². The van der Waals surface area contributed by atoms with Crippen LogP contribution in [0.25, 0.3) is 0 Å². The summed E-state index contributed by atoms with van der Waals surface area (Å²) in [5.41, 5.74) is 0. The first kappa shape index (κ1) is 16.9.